The molecule has 2 aromatic heterocycles. The Labute approximate surface area is 184 Å². The Balaban J connectivity index is 0.00000272. The average molecular weight is 470 g/mol. The predicted molar refractivity (Wildman–Crippen MR) is 119 cm³/mol. The predicted octanol–water partition coefficient (Wildman–Crippen LogP) is 3.01. The van der Waals surface area contributed by atoms with Gasteiger partial charge in [-0.2, -0.15) is 0 Å². The molecule has 9 nitrogen and oxygen atoms in total. The fourth-order valence-corrected chi connectivity index (χ4v) is 5.76. The Morgan fingerprint density at radius 3 is 2.74 bits per heavy atom. The molecule has 2 atom stereocenters. The second-order valence-corrected chi connectivity index (χ2v) is 9.73. The third-order valence-electron chi connectivity index (χ3n) is 5.39. The smallest absolute Gasteiger partial charge is 0.434 e. The van der Waals surface area contributed by atoms with Crippen molar-refractivity contribution in [2.24, 2.45) is 5.73 Å². The first-order valence-corrected chi connectivity index (χ1v) is 11.4. The van der Waals surface area contributed by atoms with E-state index in [1.165, 1.54) is 18.3 Å². The molecule has 168 valence electrons. The number of hydrogen-bond acceptors (Lipinski definition) is 7. The highest BCUT2D eigenvalue weighted by Crippen LogP contribution is 2.34. The number of H-pyrrole nitrogens is 2. The molecule has 1 unspecified atom stereocenters. The number of sulfone groups is 1. The highest BCUT2D eigenvalue weighted by molar-refractivity contribution is 7.92. The summed E-state index contributed by atoms with van der Waals surface area (Å²) in [6.07, 6.45) is 2.73. The normalized spacial score (nSPS) is 18.8. The summed E-state index contributed by atoms with van der Waals surface area (Å²) in [6.45, 7) is 2.06. The van der Waals surface area contributed by atoms with Gasteiger partial charge < -0.3 is 25.2 Å². The van der Waals surface area contributed by atoms with Crippen molar-refractivity contribution in [3.8, 4) is 5.75 Å². The van der Waals surface area contributed by atoms with Gasteiger partial charge in [-0.05, 0) is 43.9 Å². The zero-order valence-corrected chi connectivity index (χ0v) is 18.5. The highest BCUT2D eigenvalue weighted by atomic mass is 35.5. The van der Waals surface area contributed by atoms with E-state index in [-0.39, 0.29) is 41.2 Å². The SMILES string of the molecule is CCCOC(=O)Oc1c[nH]c2c(=O)[nH]c3ccc(S(=O)(=O)[C@H]4CCC(N)C4)cc3c12.Cl. The third-order valence-corrected chi connectivity index (χ3v) is 7.61. The van der Waals surface area contributed by atoms with Crippen LogP contribution in [-0.2, 0) is 14.6 Å². The summed E-state index contributed by atoms with van der Waals surface area (Å²) in [4.78, 5) is 30.0. The Bertz CT molecular complexity index is 1280. The lowest BCUT2D eigenvalue weighted by Crippen LogP contribution is -2.22. The average Bonchev–Trinajstić information content (AvgIpc) is 3.33. The van der Waals surface area contributed by atoms with E-state index in [1.807, 2.05) is 6.92 Å². The van der Waals surface area contributed by atoms with Crippen molar-refractivity contribution in [1.29, 1.82) is 0 Å². The summed E-state index contributed by atoms with van der Waals surface area (Å²) >= 11 is 0. The van der Waals surface area contributed by atoms with Gasteiger partial charge in [0.15, 0.2) is 15.6 Å². The number of carbonyl (C=O) groups is 1. The summed E-state index contributed by atoms with van der Waals surface area (Å²) in [5.74, 6) is 0.0969. The van der Waals surface area contributed by atoms with Crippen molar-refractivity contribution in [3.05, 3.63) is 34.7 Å². The molecule has 11 heteroatoms. The van der Waals surface area contributed by atoms with Crippen LogP contribution in [0.25, 0.3) is 21.8 Å². The number of ether oxygens (including phenoxy) is 2. The maximum Gasteiger partial charge on any atom is 0.513 e. The van der Waals surface area contributed by atoms with E-state index in [9.17, 15) is 18.0 Å². The summed E-state index contributed by atoms with van der Waals surface area (Å²) in [5.41, 5.74) is 6.10. The maximum atomic E-state index is 13.1. The first-order chi connectivity index (χ1) is 14.3. The Morgan fingerprint density at radius 1 is 1.29 bits per heavy atom. The molecule has 31 heavy (non-hydrogen) atoms. The van der Waals surface area contributed by atoms with Crippen molar-refractivity contribution >= 4 is 50.2 Å². The number of pyridine rings is 1. The first kappa shape index (κ1) is 23.1. The number of carbonyl (C=O) groups excluding carboxylic acids is 1. The number of benzene rings is 1. The number of halogens is 1. The Hall–Kier alpha value is -2.56. The van der Waals surface area contributed by atoms with Crippen molar-refractivity contribution in [2.45, 2.75) is 48.8 Å². The summed E-state index contributed by atoms with van der Waals surface area (Å²) in [6, 6.07) is 4.41. The summed E-state index contributed by atoms with van der Waals surface area (Å²) in [7, 11) is -3.59. The molecule has 0 aliphatic heterocycles. The van der Waals surface area contributed by atoms with Gasteiger partial charge in [-0.15, -0.1) is 12.4 Å². The van der Waals surface area contributed by atoms with Gasteiger partial charge in [0, 0.05) is 23.1 Å². The van der Waals surface area contributed by atoms with Gasteiger partial charge in [0.05, 0.1) is 22.1 Å². The number of hydrogen-bond donors (Lipinski definition) is 3. The van der Waals surface area contributed by atoms with E-state index in [0.717, 1.165) is 0 Å². The molecule has 4 rings (SSSR count). The molecule has 1 aliphatic rings. The lowest BCUT2D eigenvalue weighted by Gasteiger charge is -2.13. The van der Waals surface area contributed by atoms with Crippen LogP contribution in [0.3, 0.4) is 0 Å². The summed E-state index contributed by atoms with van der Waals surface area (Å²) in [5, 5.41) is 0.240. The molecule has 1 aromatic carbocycles. The van der Waals surface area contributed by atoms with E-state index in [0.29, 0.717) is 42.0 Å². The van der Waals surface area contributed by atoms with Gasteiger partial charge in [0.1, 0.15) is 5.52 Å². The molecule has 1 saturated carbocycles. The van der Waals surface area contributed by atoms with Gasteiger partial charge >= 0.3 is 6.16 Å². The van der Waals surface area contributed by atoms with Crippen molar-refractivity contribution in [1.82, 2.24) is 9.97 Å². The number of fused-ring (bicyclic) bond motifs is 3. The van der Waals surface area contributed by atoms with Crippen LogP contribution in [0.2, 0.25) is 0 Å². The maximum absolute atomic E-state index is 13.1. The Kier molecular flexibility index (Phi) is 6.63. The van der Waals surface area contributed by atoms with Crippen LogP contribution in [0.1, 0.15) is 32.6 Å². The largest absolute Gasteiger partial charge is 0.513 e. The highest BCUT2D eigenvalue weighted by Gasteiger charge is 2.34. The second kappa shape index (κ2) is 8.89. The van der Waals surface area contributed by atoms with Gasteiger partial charge in [-0.3, -0.25) is 4.79 Å². The number of nitrogens with one attached hydrogen (secondary N) is 2. The molecule has 3 aromatic rings. The molecule has 0 saturated heterocycles. The number of aromatic amines is 2. The molecule has 4 N–H and O–H groups in total. The van der Waals surface area contributed by atoms with Gasteiger partial charge in [0.25, 0.3) is 5.56 Å². The number of nitrogens with two attached hydrogens (primary N) is 1. The fraction of sp³-hybridized carbons (Fsp3) is 0.400. The van der Waals surface area contributed by atoms with Crippen LogP contribution in [-0.4, -0.2) is 42.4 Å². The van der Waals surface area contributed by atoms with Gasteiger partial charge in [-0.1, -0.05) is 6.92 Å². The number of aromatic nitrogens is 2. The Morgan fingerprint density at radius 2 is 2.06 bits per heavy atom. The van der Waals surface area contributed by atoms with Crippen LogP contribution in [0.4, 0.5) is 4.79 Å². The number of rotatable bonds is 5. The molecular formula is C20H24ClN3O6S. The van der Waals surface area contributed by atoms with Crippen LogP contribution in [0, 0.1) is 0 Å². The lowest BCUT2D eigenvalue weighted by atomic mass is 10.1. The van der Waals surface area contributed by atoms with Gasteiger partial charge in [-0.25, -0.2) is 13.2 Å². The van der Waals surface area contributed by atoms with E-state index in [4.69, 9.17) is 15.2 Å². The molecule has 1 aliphatic carbocycles. The molecule has 0 amide bonds. The molecule has 0 bridgehead atoms. The monoisotopic (exact) mass is 469 g/mol. The van der Waals surface area contributed by atoms with E-state index in [1.54, 1.807) is 6.07 Å². The topological polar surface area (TPSA) is 144 Å². The summed E-state index contributed by atoms with van der Waals surface area (Å²) < 4.78 is 36.4. The minimum atomic E-state index is -3.59. The lowest BCUT2D eigenvalue weighted by molar-refractivity contribution is 0.0997. The second-order valence-electron chi connectivity index (χ2n) is 7.51. The quantitative estimate of drug-likeness (QED) is 0.487. The van der Waals surface area contributed by atoms with Crippen LogP contribution < -0.4 is 16.0 Å². The first-order valence-electron chi connectivity index (χ1n) is 9.82. The molecule has 0 radical (unpaired) electrons. The minimum absolute atomic E-state index is 0. The molecule has 2 heterocycles. The minimum Gasteiger partial charge on any atom is -0.434 e. The van der Waals surface area contributed by atoms with Gasteiger partial charge in [0.2, 0.25) is 0 Å². The zero-order chi connectivity index (χ0) is 21.5. The fourth-order valence-electron chi connectivity index (χ4n) is 3.89. The van der Waals surface area contributed by atoms with E-state index < -0.39 is 26.8 Å². The van der Waals surface area contributed by atoms with Crippen LogP contribution in [0.15, 0.2) is 34.1 Å². The van der Waals surface area contributed by atoms with Crippen molar-refractivity contribution in [3.63, 3.8) is 0 Å². The van der Waals surface area contributed by atoms with Crippen molar-refractivity contribution in [2.75, 3.05) is 6.61 Å². The van der Waals surface area contributed by atoms with E-state index in [2.05, 4.69) is 9.97 Å². The third kappa shape index (κ3) is 4.28. The standard InChI is InChI=1S/C20H23N3O6S.ClH/c1-2-7-28-20(25)29-16-10-22-18-17(16)14-9-13(5-6-15(14)23-19(18)24)30(26,27)12-4-3-11(21)8-12;/h5-6,9-12,22H,2-4,7-8,21H2,1H3,(H,23,24);1H/t11?,12-;/m0./s1. The zero-order valence-electron chi connectivity index (χ0n) is 16.8. The molecule has 1 fully saturated rings. The van der Waals surface area contributed by atoms with Crippen LogP contribution >= 0.6 is 12.4 Å². The van der Waals surface area contributed by atoms with E-state index >= 15 is 0 Å². The molecular weight excluding hydrogens is 446 g/mol. The molecule has 0 spiro atoms. The van der Waals surface area contributed by atoms with Crippen LogP contribution in [0.5, 0.6) is 5.75 Å². The van der Waals surface area contributed by atoms with Crippen molar-refractivity contribution < 1.29 is 22.7 Å².